The van der Waals surface area contributed by atoms with Gasteiger partial charge in [0, 0.05) is 18.6 Å². The fourth-order valence-electron chi connectivity index (χ4n) is 2.31. The zero-order valence-electron chi connectivity index (χ0n) is 12.0. The Kier molecular flexibility index (Phi) is 5.65. The minimum Gasteiger partial charge on any atom is -0.479 e. The highest BCUT2D eigenvalue weighted by Gasteiger charge is 2.25. The zero-order valence-corrected chi connectivity index (χ0v) is 12.7. The van der Waals surface area contributed by atoms with E-state index in [1.54, 1.807) is 12.1 Å². The van der Waals surface area contributed by atoms with Crippen molar-refractivity contribution in [2.45, 2.75) is 31.9 Å². The maximum Gasteiger partial charge on any atom is 0.261 e. The Morgan fingerprint density at radius 1 is 1.48 bits per heavy atom. The monoisotopic (exact) mass is 309 g/mol. The molecule has 1 aromatic carbocycles. The van der Waals surface area contributed by atoms with Crippen molar-refractivity contribution in [2.24, 2.45) is 5.92 Å². The van der Waals surface area contributed by atoms with Crippen LogP contribution in [0.25, 0.3) is 0 Å². The molecule has 0 spiro atoms. The molecule has 0 saturated carbocycles. The van der Waals surface area contributed by atoms with Crippen molar-refractivity contribution in [2.75, 3.05) is 6.61 Å². The fraction of sp³-hybridized carbons (Fsp3) is 0.438. The molecule has 3 atom stereocenters. The summed E-state index contributed by atoms with van der Waals surface area (Å²) in [6, 6.07) is 7.06. The number of halogens is 1. The van der Waals surface area contributed by atoms with Crippen LogP contribution in [0.5, 0.6) is 5.75 Å². The highest BCUT2D eigenvalue weighted by atomic mass is 35.5. The van der Waals surface area contributed by atoms with Crippen LogP contribution in [-0.4, -0.2) is 29.8 Å². The predicted octanol–water partition coefficient (Wildman–Crippen LogP) is 2.55. The summed E-state index contributed by atoms with van der Waals surface area (Å²) in [5.74, 6) is 0.474. The maximum atomic E-state index is 12.3. The van der Waals surface area contributed by atoms with E-state index in [-0.39, 0.29) is 24.5 Å². The Labute approximate surface area is 129 Å². The number of carbonyl (C=O) groups is 1. The quantitative estimate of drug-likeness (QED) is 0.794. The van der Waals surface area contributed by atoms with Gasteiger partial charge < -0.3 is 15.2 Å². The predicted molar refractivity (Wildman–Crippen MR) is 82.4 cm³/mol. The van der Waals surface area contributed by atoms with Crippen molar-refractivity contribution in [3.05, 3.63) is 41.4 Å². The molecule has 1 unspecified atom stereocenters. The van der Waals surface area contributed by atoms with Gasteiger partial charge in [0.1, 0.15) is 5.75 Å². The first-order valence-corrected chi connectivity index (χ1v) is 7.52. The lowest BCUT2D eigenvalue weighted by Gasteiger charge is -2.20. The van der Waals surface area contributed by atoms with Crippen LogP contribution in [0.2, 0.25) is 5.02 Å². The SMILES string of the molecule is CCC(Oc1ccccc1Cl)C(=O)N[C@@H]1C=C[C@H](CO)C1. The fourth-order valence-corrected chi connectivity index (χ4v) is 2.49. The molecule has 0 saturated heterocycles. The van der Waals surface area contributed by atoms with Crippen molar-refractivity contribution >= 4 is 17.5 Å². The first-order valence-electron chi connectivity index (χ1n) is 7.14. The lowest BCUT2D eigenvalue weighted by atomic mass is 10.1. The van der Waals surface area contributed by atoms with Crippen molar-refractivity contribution < 1.29 is 14.6 Å². The highest BCUT2D eigenvalue weighted by molar-refractivity contribution is 6.32. The topological polar surface area (TPSA) is 58.6 Å². The van der Waals surface area contributed by atoms with Gasteiger partial charge in [-0.25, -0.2) is 0 Å². The molecule has 1 amide bonds. The Morgan fingerprint density at radius 2 is 2.24 bits per heavy atom. The Bertz CT molecular complexity index is 518. The molecular formula is C16H20ClNO3. The van der Waals surface area contributed by atoms with Gasteiger partial charge in [0.25, 0.3) is 5.91 Å². The second-order valence-electron chi connectivity index (χ2n) is 5.12. The van der Waals surface area contributed by atoms with Gasteiger partial charge in [0.05, 0.1) is 5.02 Å². The minimum atomic E-state index is -0.577. The van der Waals surface area contributed by atoms with E-state index in [1.807, 2.05) is 31.2 Å². The first kappa shape index (κ1) is 15.9. The Morgan fingerprint density at radius 3 is 2.86 bits per heavy atom. The molecule has 4 nitrogen and oxygen atoms in total. The average Bonchev–Trinajstić information content (AvgIpc) is 2.94. The van der Waals surface area contributed by atoms with E-state index in [0.29, 0.717) is 17.2 Å². The van der Waals surface area contributed by atoms with Gasteiger partial charge in [0.15, 0.2) is 6.10 Å². The van der Waals surface area contributed by atoms with Gasteiger partial charge >= 0.3 is 0 Å². The number of aliphatic hydroxyl groups is 1. The van der Waals surface area contributed by atoms with Crippen LogP contribution < -0.4 is 10.1 Å². The largest absolute Gasteiger partial charge is 0.479 e. The number of hydrogen-bond acceptors (Lipinski definition) is 3. The van der Waals surface area contributed by atoms with Gasteiger partial charge in [-0.2, -0.15) is 0 Å². The van der Waals surface area contributed by atoms with E-state index in [1.165, 1.54) is 0 Å². The summed E-state index contributed by atoms with van der Waals surface area (Å²) in [6.07, 6.45) is 4.55. The van der Waals surface area contributed by atoms with Crippen LogP contribution in [0.3, 0.4) is 0 Å². The molecule has 0 heterocycles. The third kappa shape index (κ3) is 4.22. The molecule has 114 valence electrons. The summed E-state index contributed by atoms with van der Waals surface area (Å²) in [5.41, 5.74) is 0. The smallest absolute Gasteiger partial charge is 0.261 e. The van der Waals surface area contributed by atoms with Crippen LogP contribution >= 0.6 is 11.6 Å². The number of benzene rings is 1. The lowest BCUT2D eigenvalue weighted by molar-refractivity contribution is -0.128. The second-order valence-corrected chi connectivity index (χ2v) is 5.53. The third-order valence-corrected chi connectivity index (χ3v) is 3.82. The molecule has 2 N–H and O–H groups in total. The summed E-state index contributed by atoms with van der Waals surface area (Å²) < 4.78 is 5.70. The number of hydrogen-bond donors (Lipinski definition) is 2. The Balaban J connectivity index is 1.93. The number of nitrogens with one attached hydrogen (secondary N) is 1. The second kappa shape index (κ2) is 7.48. The van der Waals surface area contributed by atoms with Crippen LogP contribution in [0.15, 0.2) is 36.4 Å². The molecule has 0 aromatic heterocycles. The van der Waals surface area contributed by atoms with E-state index in [4.69, 9.17) is 21.4 Å². The molecule has 2 rings (SSSR count). The average molecular weight is 310 g/mol. The highest BCUT2D eigenvalue weighted by Crippen LogP contribution is 2.25. The number of aliphatic hydroxyl groups excluding tert-OH is 1. The standard InChI is InChI=1S/C16H20ClNO3/c1-2-14(21-15-6-4-3-5-13(15)17)16(20)18-12-8-7-11(9-12)10-19/h3-8,11-12,14,19H,2,9-10H2,1H3,(H,18,20)/t11-,12+,14?/m0/s1. The molecule has 0 radical (unpaired) electrons. The van der Waals surface area contributed by atoms with Crippen molar-refractivity contribution in [1.29, 1.82) is 0 Å². The summed E-state index contributed by atoms with van der Waals surface area (Å²) in [7, 11) is 0. The molecular weight excluding hydrogens is 290 g/mol. The van der Waals surface area contributed by atoms with Crippen molar-refractivity contribution in [3.8, 4) is 5.75 Å². The number of ether oxygens (including phenoxy) is 1. The molecule has 5 heteroatoms. The first-order chi connectivity index (χ1) is 10.1. The lowest BCUT2D eigenvalue weighted by Crippen LogP contribution is -2.42. The number of rotatable bonds is 6. The molecule has 1 aliphatic rings. The van der Waals surface area contributed by atoms with E-state index in [2.05, 4.69) is 5.32 Å². The van der Waals surface area contributed by atoms with Crippen LogP contribution in [0, 0.1) is 5.92 Å². The van der Waals surface area contributed by atoms with Crippen LogP contribution in [-0.2, 0) is 4.79 Å². The van der Waals surface area contributed by atoms with Gasteiger partial charge in [-0.05, 0) is 25.0 Å². The third-order valence-electron chi connectivity index (χ3n) is 3.50. The van der Waals surface area contributed by atoms with Gasteiger partial charge in [0.2, 0.25) is 0 Å². The van der Waals surface area contributed by atoms with Crippen molar-refractivity contribution in [3.63, 3.8) is 0 Å². The number of amides is 1. The molecule has 0 fully saturated rings. The van der Waals surface area contributed by atoms with E-state index in [9.17, 15) is 4.79 Å². The van der Waals surface area contributed by atoms with E-state index in [0.717, 1.165) is 6.42 Å². The van der Waals surface area contributed by atoms with Gasteiger partial charge in [-0.3, -0.25) is 4.79 Å². The van der Waals surface area contributed by atoms with E-state index >= 15 is 0 Å². The number of carbonyl (C=O) groups excluding carboxylic acids is 1. The zero-order chi connectivity index (χ0) is 15.2. The van der Waals surface area contributed by atoms with Gasteiger partial charge in [-0.1, -0.05) is 42.8 Å². The van der Waals surface area contributed by atoms with E-state index < -0.39 is 6.10 Å². The maximum absolute atomic E-state index is 12.3. The Hall–Kier alpha value is -1.52. The van der Waals surface area contributed by atoms with Crippen LogP contribution in [0.1, 0.15) is 19.8 Å². The van der Waals surface area contributed by atoms with Crippen LogP contribution in [0.4, 0.5) is 0 Å². The summed E-state index contributed by atoms with van der Waals surface area (Å²) >= 11 is 6.04. The summed E-state index contributed by atoms with van der Waals surface area (Å²) in [4.78, 5) is 12.3. The molecule has 0 aliphatic heterocycles. The van der Waals surface area contributed by atoms with Crippen molar-refractivity contribution in [1.82, 2.24) is 5.32 Å². The summed E-state index contributed by atoms with van der Waals surface area (Å²) in [5, 5.41) is 12.5. The molecule has 1 aliphatic carbocycles. The number of para-hydroxylation sites is 1. The molecule has 0 bridgehead atoms. The van der Waals surface area contributed by atoms with Gasteiger partial charge in [-0.15, -0.1) is 0 Å². The molecule has 1 aromatic rings. The normalized spacial score (nSPS) is 22.0. The minimum absolute atomic E-state index is 0.0430. The summed E-state index contributed by atoms with van der Waals surface area (Å²) in [6.45, 7) is 2.00. The molecule has 21 heavy (non-hydrogen) atoms.